The maximum atomic E-state index is 12.2. The summed E-state index contributed by atoms with van der Waals surface area (Å²) in [6.45, 7) is 2.94. The highest BCUT2D eigenvalue weighted by atomic mass is 35.5. The molecule has 0 fully saturated rings. The third kappa shape index (κ3) is 3.27. The highest BCUT2D eigenvalue weighted by Gasteiger charge is 2.24. The van der Waals surface area contributed by atoms with Crippen LogP contribution in [0.2, 0.25) is 5.02 Å². The average Bonchev–Trinajstić information content (AvgIpc) is 2.86. The lowest BCUT2D eigenvalue weighted by atomic mass is 10.0. The number of para-hydroxylation sites is 1. The number of hydrogen-bond acceptors (Lipinski definition) is 3. The van der Waals surface area contributed by atoms with Gasteiger partial charge < -0.3 is 15.4 Å². The van der Waals surface area contributed by atoms with Gasteiger partial charge in [0, 0.05) is 36.8 Å². The molecule has 3 rings (SSSR count). The first-order valence-corrected chi connectivity index (χ1v) is 7.87. The molecule has 1 aliphatic rings. The number of benzene rings is 1. The Kier molecular flexibility index (Phi) is 4.43. The fourth-order valence-electron chi connectivity index (χ4n) is 2.64. The van der Waals surface area contributed by atoms with Crippen LogP contribution in [0.15, 0.2) is 24.4 Å². The zero-order valence-corrected chi connectivity index (χ0v) is 13.9. The molecule has 23 heavy (non-hydrogen) atoms. The third-order valence-corrected chi connectivity index (χ3v) is 4.41. The number of carbonyl (C=O) groups is 1. The predicted molar refractivity (Wildman–Crippen MR) is 87.6 cm³/mol. The largest absolute Gasteiger partial charge is 0.492 e. The number of carbonyl (C=O) groups excluding carboxylic acids is 1. The van der Waals surface area contributed by atoms with Crippen molar-refractivity contribution in [3.8, 4) is 5.75 Å². The van der Waals surface area contributed by atoms with E-state index < -0.39 is 0 Å². The lowest BCUT2D eigenvalue weighted by Gasteiger charge is -2.27. The number of halogens is 1. The van der Waals surface area contributed by atoms with E-state index in [0.29, 0.717) is 30.3 Å². The van der Waals surface area contributed by atoms with E-state index in [1.54, 1.807) is 16.9 Å². The van der Waals surface area contributed by atoms with Crippen LogP contribution in [-0.2, 0) is 13.6 Å². The lowest BCUT2D eigenvalue weighted by molar-refractivity contribution is 0.223. The molecule has 7 heteroatoms. The van der Waals surface area contributed by atoms with Crippen molar-refractivity contribution >= 4 is 17.6 Å². The number of nitrogens with zero attached hydrogens (tertiary/aromatic N) is 2. The van der Waals surface area contributed by atoms with Crippen LogP contribution in [0, 0.1) is 6.92 Å². The molecular weight excluding hydrogens is 316 g/mol. The highest BCUT2D eigenvalue weighted by molar-refractivity contribution is 6.32. The van der Waals surface area contributed by atoms with Crippen LogP contribution in [0.3, 0.4) is 0 Å². The van der Waals surface area contributed by atoms with Crippen LogP contribution in [-0.4, -0.2) is 22.4 Å². The van der Waals surface area contributed by atoms with Crippen molar-refractivity contribution in [1.82, 2.24) is 20.4 Å². The Morgan fingerprint density at radius 2 is 2.35 bits per heavy atom. The minimum Gasteiger partial charge on any atom is -0.492 e. The second-order valence-corrected chi connectivity index (χ2v) is 5.96. The molecule has 0 unspecified atom stereocenters. The SMILES string of the molecule is Cc1c(CNC(=O)N[C@H]2CCOc3c(Cl)cccc32)cnn1C. The van der Waals surface area contributed by atoms with Crippen LogP contribution in [0.5, 0.6) is 5.75 Å². The molecule has 1 aliphatic heterocycles. The van der Waals surface area contributed by atoms with Crippen LogP contribution < -0.4 is 15.4 Å². The minimum absolute atomic E-state index is 0.104. The molecule has 0 radical (unpaired) electrons. The number of fused-ring (bicyclic) bond motifs is 1. The number of hydrogen-bond donors (Lipinski definition) is 2. The number of ether oxygens (including phenoxy) is 1. The second-order valence-electron chi connectivity index (χ2n) is 5.55. The summed E-state index contributed by atoms with van der Waals surface area (Å²) in [5.41, 5.74) is 2.95. The summed E-state index contributed by atoms with van der Waals surface area (Å²) in [6.07, 6.45) is 2.48. The van der Waals surface area contributed by atoms with Crippen LogP contribution >= 0.6 is 11.6 Å². The van der Waals surface area contributed by atoms with E-state index in [1.165, 1.54) is 0 Å². The van der Waals surface area contributed by atoms with Gasteiger partial charge in [-0.1, -0.05) is 23.7 Å². The molecule has 0 aliphatic carbocycles. The topological polar surface area (TPSA) is 68.2 Å². The van der Waals surface area contributed by atoms with Gasteiger partial charge >= 0.3 is 6.03 Å². The first-order chi connectivity index (χ1) is 11.1. The van der Waals surface area contributed by atoms with Crippen molar-refractivity contribution in [3.63, 3.8) is 0 Å². The molecule has 1 aromatic heterocycles. The fourth-order valence-corrected chi connectivity index (χ4v) is 2.88. The monoisotopic (exact) mass is 334 g/mol. The van der Waals surface area contributed by atoms with E-state index in [9.17, 15) is 4.79 Å². The summed E-state index contributed by atoms with van der Waals surface area (Å²) in [5, 5.41) is 10.6. The number of amides is 2. The molecule has 0 bridgehead atoms. The molecule has 0 saturated carbocycles. The summed E-state index contributed by atoms with van der Waals surface area (Å²) < 4.78 is 7.38. The van der Waals surface area contributed by atoms with Gasteiger partial charge in [-0.05, 0) is 13.0 Å². The van der Waals surface area contributed by atoms with Gasteiger partial charge in [0.1, 0.15) is 5.75 Å². The smallest absolute Gasteiger partial charge is 0.315 e. The molecule has 0 spiro atoms. The molecule has 2 N–H and O–H groups in total. The molecular formula is C16H19ClN4O2. The number of aromatic nitrogens is 2. The first-order valence-electron chi connectivity index (χ1n) is 7.49. The second kappa shape index (κ2) is 6.50. The summed E-state index contributed by atoms with van der Waals surface area (Å²) in [7, 11) is 1.88. The summed E-state index contributed by atoms with van der Waals surface area (Å²) in [4.78, 5) is 12.2. The highest BCUT2D eigenvalue weighted by Crippen LogP contribution is 2.37. The van der Waals surface area contributed by atoms with Crippen LogP contribution in [0.4, 0.5) is 4.79 Å². The van der Waals surface area contributed by atoms with E-state index in [1.807, 2.05) is 26.1 Å². The zero-order valence-electron chi connectivity index (χ0n) is 13.1. The van der Waals surface area contributed by atoms with E-state index in [4.69, 9.17) is 16.3 Å². The van der Waals surface area contributed by atoms with Crippen LogP contribution in [0.25, 0.3) is 0 Å². The summed E-state index contributed by atoms with van der Waals surface area (Å²) >= 11 is 6.14. The maximum Gasteiger partial charge on any atom is 0.315 e. The van der Waals surface area contributed by atoms with Crippen molar-refractivity contribution in [2.24, 2.45) is 7.05 Å². The normalized spacial score (nSPS) is 16.4. The number of rotatable bonds is 3. The number of nitrogens with one attached hydrogen (secondary N) is 2. The molecule has 2 aromatic rings. The fraction of sp³-hybridized carbons (Fsp3) is 0.375. The first kappa shape index (κ1) is 15.7. The Bertz CT molecular complexity index is 729. The molecule has 2 amide bonds. The van der Waals surface area contributed by atoms with Gasteiger partial charge in [-0.15, -0.1) is 0 Å². The van der Waals surface area contributed by atoms with E-state index in [0.717, 1.165) is 16.8 Å². The Morgan fingerprint density at radius 3 is 3.09 bits per heavy atom. The van der Waals surface area contributed by atoms with Crippen molar-refractivity contribution in [2.45, 2.75) is 25.9 Å². The van der Waals surface area contributed by atoms with Gasteiger partial charge in [0.25, 0.3) is 0 Å². The van der Waals surface area contributed by atoms with Gasteiger partial charge in [0.05, 0.1) is 23.9 Å². The number of aryl methyl sites for hydroxylation is 1. The van der Waals surface area contributed by atoms with Gasteiger partial charge in [0.15, 0.2) is 0 Å². The van der Waals surface area contributed by atoms with Gasteiger partial charge in [0.2, 0.25) is 0 Å². The van der Waals surface area contributed by atoms with Gasteiger partial charge in [-0.25, -0.2) is 4.79 Å². The van der Waals surface area contributed by atoms with Crippen molar-refractivity contribution in [1.29, 1.82) is 0 Å². The third-order valence-electron chi connectivity index (χ3n) is 4.11. The van der Waals surface area contributed by atoms with E-state index in [2.05, 4.69) is 15.7 Å². The molecule has 2 heterocycles. The molecule has 1 atom stereocenters. The molecule has 122 valence electrons. The Balaban J connectivity index is 1.63. The predicted octanol–water partition coefficient (Wildman–Crippen LogP) is 2.70. The van der Waals surface area contributed by atoms with E-state index >= 15 is 0 Å². The summed E-state index contributed by atoms with van der Waals surface area (Å²) in [6, 6.07) is 5.25. The molecule has 6 nitrogen and oxygen atoms in total. The Hall–Kier alpha value is -2.21. The van der Waals surface area contributed by atoms with Crippen molar-refractivity contribution < 1.29 is 9.53 Å². The number of urea groups is 1. The standard InChI is InChI=1S/C16H19ClN4O2/c1-10-11(9-19-21(10)2)8-18-16(22)20-14-6-7-23-15-12(14)4-3-5-13(15)17/h3-5,9,14H,6-8H2,1-2H3,(H2,18,20,22)/t14-/m0/s1. The van der Waals surface area contributed by atoms with Gasteiger partial charge in [-0.3, -0.25) is 4.68 Å². The quantitative estimate of drug-likeness (QED) is 0.906. The van der Waals surface area contributed by atoms with E-state index in [-0.39, 0.29) is 12.1 Å². The van der Waals surface area contributed by atoms with Gasteiger partial charge in [-0.2, -0.15) is 5.10 Å². The van der Waals surface area contributed by atoms with Crippen molar-refractivity contribution in [2.75, 3.05) is 6.61 Å². The average molecular weight is 335 g/mol. The maximum absolute atomic E-state index is 12.2. The Labute approximate surface area is 139 Å². The lowest BCUT2D eigenvalue weighted by Crippen LogP contribution is -2.39. The molecule has 1 aromatic carbocycles. The zero-order chi connectivity index (χ0) is 16.4. The Morgan fingerprint density at radius 1 is 1.52 bits per heavy atom. The summed E-state index contributed by atoms with van der Waals surface area (Å²) in [5.74, 6) is 0.661. The van der Waals surface area contributed by atoms with Crippen molar-refractivity contribution in [3.05, 3.63) is 46.2 Å². The van der Waals surface area contributed by atoms with Crippen LogP contribution in [0.1, 0.15) is 29.3 Å². The molecule has 0 saturated heterocycles. The minimum atomic E-state index is -0.217.